The fourth-order valence-corrected chi connectivity index (χ4v) is 1.98. The number of carboxylic acids is 1. The third-order valence-corrected chi connectivity index (χ3v) is 3.15. The number of hydrogen-bond acceptors (Lipinski definition) is 4. The average Bonchev–Trinajstić information content (AvgIpc) is 3.01. The molecule has 0 aliphatic heterocycles. The second-order valence-corrected chi connectivity index (χ2v) is 5.33. The smallest absolute Gasteiger partial charge is 0.335 e. The highest BCUT2D eigenvalue weighted by Crippen LogP contribution is 2.28. The van der Waals surface area contributed by atoms with E-state index < -0.39 is 12.0 Å². The van der Waals surface area contributed by atoms with Crippen molar-refractivity contribution in [2.24, 2.45) is 0 Å². The van der Waals surface area contributed by atoms with Gasteiger partial charge in [0.1, 0.15) is 11.8 Å². The first-order valence-electron chi connectivity index (χ1n) is 7.22. The number of carboxylic acid groups (broad SMARTS) is 1. The molecule has 0 saturated heterocycles. The number of amides is 1. The van der Waals surface area contributed by atoms with Crippen LogP contribution in [0, 0.1) is 0 Å². The van der Waals surface area contributed by atoms with E-state index in [1.807, 2.05) is 13.8 Å². The Bertz CT molecular complexity index is 695. The van der Waals surface area contributed by atoms with Gasteiger partial charge in [0.2, 0.25) is 5.91 Å². The molecule has 122 valence electrons. The van der Waals surface area contributed by atoms with Gasteiger partial charge in [-0.1, -0.05) is 0 Å². The summed E-state index contributed by atoms with van der Waals surface area (Å²) in [6, 6.07) is 5.55. The first-order valence-corrected chi connectivity index (χ1v) is 7.22. The standard InChI is InChI=1S/C16H19N3O4/c1-10(2)23-14-6-5-12(16(21)22)9-13(14)18-15(20)11(3)19-8-4-7-17-19/h4-11H,1-3H3,(H,18,20)(H,21,22). The van der Waals surface area contributed by atoms with E-state index in [0.717, 1.165) is 0 Å². The Labute approximate surface area is 133 Å². The highest BCUT2D eigenvalue weighted by molar-refractivity contribution is 5.97. The lowest BCUT2D eigenvalue weighted by molar-refractivity contribution is -0.119. The maximum absolute atomic E-state index is 12.4. The Kier molecular flexibility index (Phi) is 5.00. The quantitative estimate of drug-likeness (QED) is 0.854. The van der Waals surface area contributed by atoms with E-state index in [1.54, 1.807) is 25.4 Å². The van der Waals surface area contributed by atoms with E-state index >= 15 is 0 Å². The van der Waals surface area contributed by atoms with Crippen molar-refractivity contribution in [3.05, 3.63) is 42.2 Å². The topological polar surface area (TPSA) is 93.5 Å². The van der Waals surface area contributed by atoms with Crippen molar-refractivity contribution in [2.75, 3.05) is 5.32 Å². The zero-order chi connectivity index (χ0) is 17.0. The van der Waals surface area contributed by atoms with E-state index in [0.29, 0.717) is 11.4 Å². The predicted molar refractivity (Wildman–Crippen MR) is 84.7 cm³/mol. The summed E-state index contributed by atoms with van der Waals surface area (Å²) in [7, 11) is 0. The van der Waals surface area contributed by atoms with Crippen molar-refractivity contribution < 1.29 is 19.4 Å². The Hall–Kier alpha value is -2.83. The second-order valence-electron chi connectivity index (χ2n) is 5.33. The van der Waals surface area contributed by atoms with Crippen molar-refractivity contribution >= 4 is 17.6 Å². The van der Waals surface area contributed by atoms with Gasteiger partial charge < -0.3 is 15.2 Å². The van der Waals surface area contributed by atoms with Gasteiger partial charge in [0, 0.05) is 12.4 Å². The monoisotopic (exact) mass is 317 g/mol. The summed E-state index contributed by atoms with van der Waals surface area (Å²) in [5.74, 6) is -0.965. The minimum Gasteiger partial charge on any atom is -0.489 e. The Morgan fingerprint density at radius 2 is 2.04 bits per heavy atom. The number of aromatic carboxylic acids is 1. The summed E-state index contributed by atoms with van der Waals surface area (Å²) in [6.07, 6.45) is 3.16. The van der Waals surface area contributed by atoms with Gasteiger partial charge in [-0.15, -0.1) is 0 Å². The molecule has 0 bridgehead atoms. The zero-order valence-corrected chi connectivity index (χ0v) is 13.2. The van der Waals surface area contributed by atoms with E-state index in [1.165, 1.54) is 22.9 Å². The number of rotatable bonds is 6. The molecule has 1 heterocycles. The zero-order valence-electron chi connectivity index (χ0n) is 13.2. The van der Waals surface area contributed by atoms with Crippen LogP contribution in [-0.2, 0) is 4.79 Å². The number of ether oxygens (including phenoxy) is 1. The van der Waals surface area contributed by atoms with Gasteiger partial charge in [0.05, 0.1) is 17.4 Å². The second kappa shape index (κ2) is 6.95. The molecule has 2 N–H and O–H groups in total. The molecular weight excluding hydrogens is 298 g/mol. The van der Waals surface area contributed by atoms with Crippen LogP contribution in [-0.4, -0.2) is 32.9 Å². The molecule has 1 atom stereocenters. The summed E-state index contributed by atoms with van der Waals surface area (Å²) < 4.78 is 7.13. The number of nitrogens with one attached hydrogen (secondary N) is 1. The van der Waals surface area contributed by atoms with Crippen molar-refractivity contribution in [3.8, 4) is 5.75 Å². The Balaban J connectivity index is 2.26. The van der Waals surface area contributed by atoms with Crippen LogP contribution in [0.5, 0.6) is 5.75 Å². The lowest BCUT2D eigenvalue weighted by Crippen LogP contribution is -2.24. The largest absolute Gasteiger partial charge is 0.489 e. The Morgan fingerprint density at radius 3 is 2.61 bits per heavy atom. The maximum atomic E-state index is 12.4. The van der Waals surface area contributed by atoms with Crippen molar-refractivity contribution in [3.63, 3.8) is 0 Å². The lowest BCUT2D eigenvalue weighted by atomic mass is 10.1. The van der Waals surface area contributed by atoms with Crippen LogP contribution in [0.4, 0.5) is 5.69 Å². The van der Waals surface area contributed by atoms with Crippen LogP contribution in [0.3, 0.4) is 0 Å². The average molecular weight is 317 g/mol. The minimum absolute atomic E-state index is 0.0724. The molecule has 23 heavy (non-hydrogen) atoms. The number of nitrogens with zero attached hydrogens (tertiary/aromatic N) is 2. The van der Waals surface area contributed by atoms with Crippen molar-refractivity contribution in [2.45, 2.75) is 32.9 Å². The van der Waals surface area contributed by atoms with Gasteiger partial charge in [0.25, 0.3) is 0 Å². The number of anilines is 1. The summed E-state index contributed by atoms with van der Waals surface area (Å²) in [6.45, 7) is 5.40. The van der Waals surface area contributed by atoms with Crippen LogP contribution in [0.15, 0.2) is 36.7 Å². The SMILES string of the molecule is CC(C)Oc1ccc(C(=O)O)cc1NC(=O)C(C)n1cccn1. The molecule has 0 radical (unpaired) electrons. The number of benzene rings is 1. The molecule has 1 aromatic carbocycles. The highest BCUT2D eigenvalue weighted by Gasteiger charge is 2.18. The predicted octanol–water partition coefficient (Wildman–Crippen LogP) is 2.57. The fraction of sp³-hybridized carbons (Fsp3) is 0.312. The molecule has 7 nitrogen and oxygen atoms in total. The minimum atomic E-state index is -1.07. The van der Waals surface area contributed by atoms with Crippen molar-refractivity contribution in [1.29, 1.82) is 0 Å². The van der Waals surface area contributed by atoms with Crippen LogP contribution in [0.2, 0.25) is 0 Å². The molecule has 0 aliphatic carbocycles. The van der Waals surface area contributed by atoms with Gasteiger partial charge in [-0.05, 0) is 45.0 Å². The van der Waals surface area contributed by atoms with Gasteiger partial charge in [-0.25, -0.2) is 4.79 Å². The van der Waals surface area contributed by atoms with E-state index in [9.17, 15) is 9.59 Å². The van der Waals surface area contributed by atoms with Gasteiger partial charge >= 0.3 is 5.97 Å². The molecule has 7 heteroatoms. The number of hydrogen-bond donors (Lipinski definition) is 2. The van der Waals surface area contributed by atoms with E-state index in [4.69, 9.17) is 9.84 Å². The molecule has 2 rings (SSSR count). The molecule has 2 aromatic rings. The third-order valence-electron chi connectivity index (χ3n) is 3.15. The van der Waals surface area contributed by atoms with Gasteiger partial charge in [-0.2, -0.15) is 5.10 Å². The molecule has 1 aromatic heterocycles. The molecule has 0 aliphatic rings. The molecule has 0 saturated carbocycles. The number of aromatic nitrogens is 2. The number of carbonyl (C=O) groups excluding carboxylic acids is 1. The number of carbonyl (C=O) groups is 2. The molecular formula is C16H19N3O4. The van der Waals surface area contributed by atoms with Crippen LogP contribution in [0.25, 0.3) is 0 Å². The first-order chi connectivity index (χ1) is 10.9. The molecule has 0 spiro atoms. The fourth-order valence-electron chi connectivity index (χ4n) is 1.98. The Morgan fingerprint density at radius 1 is 1.30 bits per heavy atom. The summed E-state index contributed by atoms with van der Waals surface area (Å²) in [4.78, 5) is 23.5. The molecule has 0 fully saturated rings. The van der Waals surface area contributed by atoms with Crippen LogP contribution in [0.1, 0.15) is 37.2 Å². The van der Waals surface area contributed by atoms with Crippen LogP contribution >= 0.6 is 0 Å². The lowest BCUT2D eigenvalue weighted by Gasteiger charge is -2.17. The molecule has 1 amide bonds. The molecule has 1 unspecified atom stereocenters. The maximum Gasteiger partial charge on any atom is 0.335 e. The summed E-state index contributed by atoms with van der Waals surface area (Å²) in [5, 5.41) is 15.8. The third kappa shape index (κ3) is 4.09. The van der Waals surface area contributed by atoms with Gasteiger partial charge in [0.15, 0.2) is 0 Å². The first kappa shape index (κ1) is 16.5. The van der Waals surface area contributed by atoms with Gasteiger partial charge in [-0.3, -0.25) is 9.48 Å². The van der Waals surface area contributed by atoms with Crippen molar-refractivity contribution in [1.82, 2.24) is 9.78 Å². The summed E-state index contributed by atoms with van der Waals surface area (Å²) >= 11 is 0. The van der Waals surface area contributed by atoms with E-state index in [2.05, 4.69) is 10.4 Å². The van der Waals surface area contributed by atoms with E-state index in [-0.39, 0.29) is 17.6 Å². The highest BCUT2D eigenvalue weighted by atomic mass is 16.5. The summed E-state index contributed by atoms with van der Waals surface area (Å²) in [5.41, 5.74) is 0.394. The normalized spacial score (nSPS) is 12.0. The van der Waals surface area contributed by atoms with Crippen LogP contribution < -0.4 is 10.1 Å².